The van der Waals surface area contributed by atoms with E-state index in [9.17, 15) is 4.79 Å². The van der Waals surface area contributed by atoms with Gasteiger partial charge in [0.2, 0.25) is 0 Å². The van der Waals surface area contributed by atoms with Gasteiger partial charge in [0.05, 0.1) is 14.2 Å². The molecule has 2 aromatic carbocycles. The van der Waals surface area contributed by atoms with Gasteiger partial charge in [0.25, 0.3) is 0 Å². The van der Waals surface area contributed by atoms with Crippen molar-refractivity contribution >= 4 is 29.4 Å². The summed E-state index contributed by atoms with van der Waals surface area (Å²) >= 11 is 0. The number of ether oxygens (including phenoxy) is 2. The highest BCUT2D eigenvalue weighted by molar-refractivity contribution is 5.91. The van der Waals surface area contributed by atoms with E-state index in [1.54, 1.807) is 14.2 Å². The Balaban J connectivity index is 0.00000306. The van der Waals surface area contributed by atoms with Gasteiger partial charge < -0.3 is 29.8 Å². The summed E-state index contributed by atoms with van der Waals surface area (Å²) in [5, 5.41) is 12.4. The van der Waals surface area contributed by atoms with Gasteiger partial charge in [0, 0.05) is 35.2 Å². The van der Waals surface area contributed by atoms with Crippen LogP contribution in [0.25, 0.3) is 22.2 Å². The lowest BCUT2D eigenvalue weighted by Gasteiger charge is -2.32. The van der Waals surface area contributed by atoms with Gasteiger partial charge in [0.1, 0.15) is 0 Å². The van der Waals surface area contributed by atoms with Crippen LogP contribution in [-0.2, 0) is 0 Å². The average molecular weight is 474 g/mol. The topological polar surface area (TPSA) is 86.8 Å². The number of amides is 1. The summed E-state index contributed by atoms with van der Waals surface area (Å²) in [6, 6.07) is 12.7. The number of aromatic nitrogens is 1. The van der Waals surface area contributed by atoms with Crippen LogP contribution in [0.2, 0.25) is 0 Å². The standard InChI is InChI=1S/C25H31N3O4.ClH/c1-16-20-14-18(17-8-11-28(12-9-17)13-10-26-25(29)30)4-6-21(20)27-24(16)19-5-7-22(31-2)23(15-19)32-3;/h4-7,14-15,17,26-27H,8-13H2,1-3H3,(H,29,30);1H. The number of benzene rings is 2. The van der Waals surface area contributed by atoms with Crippen molar-refractivity contribution < 1.29 is 19.4 Å². The minimum absolute atomic E-state index is 0. The SMILES string of the molecule is COc1ccc(-c2[nH]c3ccc(C4CCN(CCNC(=O)O)CC4)cc3c2C)cc1OC.Cl. The Labute approximate surface area is 200 Å². The van der Waals surface area contributed by atoms with E-state index in [2.05, 4.69) is 46.4 Å². The fourth-order valence-corrected chi connectivity index (χ4v) is 4.69. The molecule has 3 aromatic rings. The van der Waals surface area contributed by atoms with Crippen molar-refractivity contribution in [1.82, 2.24) is 15.2 Å². The van der Waals surface area contributed by atoms with Crippen molar-refractivity contribution in [3.05, 3.63) is 47.5 Å². The zero-order valence-electron chi connectivity index (χ0n) is 19.3. The zero-order chi connectivity index (χ0) is 22.7. The summed E-state index contributed by atoms with van der Waals surface area (Å²) in [6.07, 6.45) is 1.22. The first-order chi connectivity index (χ1) is 15.5. The molecule has 1 saturated heterocycles. The number of nitrogens with zero attached hydrogens (tertiary/aromatic N) is 1. The maximum atomic E-state index is 10.6. The molecule has 1 aliphatic heterocycles. The monoisotopic (exact) mass is 473 g/mol. The number of aryl methyl sites for hydroxylation is 1. The third-order valence-electron chi connectivity index (χ3n) is 6.52. The summed E-state index contributed by atoms with van der Waals surface area (Å²) in [6.45, 7) is 5.39. The molecule has 8 heteroatoms. The van der Waals surface area contributed by atoms with E-state index in [1.807, 2.05) is 12.1 Å². The lowest BCUT2D eigenvalue weighted by Crippen LogP contribution is -2.38. The first kappa shape index (κ1) is 24.7. The molecule has 0 aliphatic carbocycles. The molecule has 0 bridgehead atoms. The molecule has 7 nitrogen and oxygen atoms in total. The molecule has 0 spiro atoms. The smallest absolute Gasteiger partial charge is 0.404 e. The molecule has 33 heavy (non-hydrogen) atoms. The van der Waals surface area contributed by atoms with E-state index >= 15 is 0 Å². The van der Waals surface area contributed by atoms with Crippen LogP contribution >= 0.6 is 12.4 Å². The highest BCUT2D eigenvalue weighted by Crippen LogP contribution is 2.37. The van der Waals surface area contributed by atoms with Gasteiger partial charge in [-0.1, -0.05) is 6.07 Å². The molecular weight excluding hydrogens is 442 g/mol. The number of likely N-dealkylation sites (tertiary alicyclic amines) is 1. The Kier molecular flexibility index (Phi) is 8.10. The van der Waals surface area contributed by atoms with Gasteiger partial charge in [-0.2, -0.15) is 0 Å². The van der Waals surface area contributed by atoms with Crippen molar-refractivity contribution in [3.63, 3.8) is 0 Å². The molecule has 178 valence electrons. The maximum absolute atomic E-state index is 10.6. The normalized spacial score (nSPS) is 14.6. The summed E-state index contributed by atoms with van der Waals surface area (Å²) in [5.41, 5.74) is 5.90. The number of carboxylic acid groups (broad SMARTS) is 1. The van der Waals surface area contributed by atoms with E-state index in [0.717, 1.165) is 55.0 Å². The Morgan fingerprint density at radius 3 is 2.52 bits per heavy atom. The molecule has 1 aromatic heterocycles. The van der Waals surface area contributed by atoms with Crippen LogP contribution in [0.1, 0.15) is 29.9 Å². The molecule has 4 rings (SSSR count). The molecule has 0 unspecified atom stereocenters. The van der Waals surface area contributed by atoms with Crippen molar-refractivity contribution in [2.75, 3.05) is 40.4 Å². The van der Waals surface area contributed by atoms with Crippen molar-refractivity contribution in [2.24, 2.45) is 0 Å². The Morgan fingerprint density at radius 1 is 1.12 bits per heavy atom. The van der Waals surface area contributed by atoms with E-state index in [4.69, 9.17) is 14.6 Å². The number of piperidine rings is 1. The highest BCUT2D eigenvalue weighted by Gasteiger charge is 2.21. The Morgan fingerprint density at radius 2 is 1.85 bits per heavy atom. The quantitative estimate of drug-likeness (QED) is 0.448. The van der Waals surface area contributed by atoms with Gasteiger partial charge in [0.15, 0.2) is 11.5 Å². The van der Waals surface area contributed by atoms with E-state index in [1.165, 1.54) is 16.5 Å². The Bertz CT molecular complexity index is 1110. The molecule has 0 saturated carbocycles. The summed E-state index contributed by atoms with van der Waals surface area (Å²) in [5.74, 6) is 1.97. The number of H-pyrrole nitrogens is 1. The van der Waals surface area contributed by atoms with E-state index in [-0.39, 0.29) is 12.4 Å². The number of methoxy groups -OCH3 is 2. The van der Waals surface area contributed by atoms with E-state index < -0.39 is 6.09 Å². The van der Waals surface area contributed by atoms with Crippen LogP contribution in [0.5, 0.6) is 11.5 Å². The predicted molar refractivity (Wildman–Crippen MR) is 133 cm³/mol. The number of rotatable bonds is 7. The highest BCUT2D eigenvalue weighted by atomic mass is 35.5. The third-order valence-corrected chi connectivity index (χ3v) is 6.52. The first-order valence-corrected chi connectivity index (χ1v) is 11.0. The molecule has 0 radical (unpaired) electrons. The van der Waals surface area contributed by atoms with Crippen LogP contribution in [-0.4, -0.2) is 61.5 Å². The minimum atomic E-state index is -0.956. The molecule has 1 aliphatic rings. The molecule has 3 N–H and O–H groups in total. The Hall–Kier alpha value is -2.90. The van der Waals surface area contributed by atoms with Gasteiger partial charge in [-0.25, -0.2) is 4.79 Å². The van der Waals surface area contributed by atoms with Crippen molar-refractivity contribution in [2.45, 2.75) is 25.7 Å². The van der Waals surface area contributed by atoms with Crippen LogP contribution in [0.15, 0.2) is 36.4 Å². The van der Waals surface area contributed by atoms with Crippen molar-refractivity contribution in [3.8, 4) is 22.8 Å². The molecule has 2 heterocycles. The molecular formula is C25H32ClN3O4. The number of hydrogen-bond acceptors (Lipinski definition) is 4. The average Bonchev–Trinajstić information content (AvgIpc) is 3.14. The second-order valence-corrected chi connectivity index (χ2v) is 8.35. The lowest BCUT2D eigenvalue weighted by molar-refractivity contribution is 0.185. The van der Waals surface area contributed by atoms with Crippen LogP contribution in [0.3, 0.4) is 0 Å². The van der Waals surface area contributed by atoms with Crippen molar-refractivity contribution in [1.29, 1.82) is 0 Å². The van der Waals surface area contributed by atoms with Gasteiger partial charge in [-0.15, -0.1) is 12.4 Å². The lowest BCUT2D eigenvalue weighted by atomic mass is 9.88. The summed E-state index contributed by atoms with van der Waals surface area (Å²) in [4.78, 5) is 16.5. The number of carbonyl (C=O) groups is 1. The summed E-state index contributed by atoms with van der Waals surface area (Å²) < 4.78 is 10.9. The maximum Gasteiger partial charge on any atom is 0.404 e. The van der Waals surface area contributed by atoms with Crippen LogP contribution < -0.4 is 14.8 Å². The molecule has 1 fully saturated rings. The fourth-order valence-electron chi connectivity index (χ4n) is 4.69. The van der Waals surface area contributed by atoms with E-state index in [0.29, 0.717) is 18.2 Å². The summed E-state index contributed by atoms with van der Waals surface area (Å²) in [7, 11) is 3.30. The molecule has 1 amide bonds. The van der Waals surface area contributed by atoms with Gasteiger partial charge in [-0.3, -0.25) is 0 Å². The fraction of sp³-hybridized carbons (Fsp3) is 0.400. The number of nitrogens with one attached hydrogen (secondary N) is 2. The van der Waals surface area contributed by atoms with Crippen LogP contribution in [0, 0.1) is 6.92 Å². The third kappa shape index (κ3) is 5.37. The number of hydrogen-bond donors (Lipinski definition) is 3. The van der Waals surface area contributed by atoms with Gasteiger partial charge >= 0.3 is 6.09 Å². The number of fused-ring (bicyclic) bond motifs is 1. The molecule has 0 atom stereocenters. The second-order valence-electron chi connectivity index (χ2n) is 8.35. The number of halogens is 1. The first-order valence-electron chi connectivity index (χ1n) is 11.0. The minimum Gasteiger partial charge on any atom is -0.493 e. The predicted octanol–water partition coefficient (Wildman–Crippen LogP) is 5.03. The number of aromatic amines is 1. The second kappa shape index (κ2) is 10.8. The van der Waals surface area contributed by atoms with Gasteiger partial charge in [-0.05, 0) is 80.2 Å². The zero-order valence-corrected chi connectivity index (χ0v) is 20.1. The largest absolute Gasteiger partial charge is 0.493 e. The van der Waals surface area contributed by atoms with Crippen LogP contribution in [0.4, 0.5) is 4.79 Å².